The van der Waals surface area contributed by atoms with E-state index in [1.807, 2.05) is 53.4 Å². The zero-order valence-corrected chi connectivity index (χ0v) is 15.2. The van der Waals surface area contributed by atoms with Crippen molar-refractivity contribution in [1.82, 2.24) is 10.2 Å². The Morgan fingerprint density at radius 1 is 1.20 bits per heavy atom. The predicted octanol–water partition coefficient (Wildman–Crippen LogP) is 3.66. The van der Waals surface area contributed by atoms with Gasteiger partial charge in [-0.2, -0.15) is 0 Å². The molecule has 1 aliphatic rings. The lowest BCUT2D eigenvalue weighted by Crippen LogP contribution is -2.39. The molecule has 5 nitrogen and oxygen atoms in total. The number of nitrogens with zero attached hydrogens (tertiary/aromatic N) is 1. The van der Waals surface area contributed by atoms with E-state index in [0.29, 0.717) is 13.1 Å². The Bertz CT molecular complexity index is 724. The molecule has 1 aliphatic heterocycles. The highest BCUT2D eigenvalue weighted by Crippen LogP contribution is 2.42. The van der Waals surface area contributed by atoms with Crippen molar-refractivity contribution in [3.8, 4) is 11.5 Å². The van der Waals surface area contributed by atoms with Crippen molar-refractivity contribution in [3.05, 3.63) is 59.7 Å². The summed E-state index contributed by atoms with van der Waals surface area (Å²) in [7, 11) is 3.26. The number of nitrogens with one attached hydrogen (secondary N) is 1. The number of benzene rings is 2. The summed E-state index contributed by atoms with van der Waals surface area (Å²) < 4.78 is 10.8. The van der Waals surface area contributed by atoms with Crippen molar-refractivity contribution in [1.29, 1.82) is 0 Å². The molecular weight excluding hydrogens is 336 g/mol. The van der Waals surface area contributed by atoms with Crippen LogP contribution >= 0.6 is 11.8 Å². The Labute approximate surface area is 152 Å². The summed E-state index contributed by atoms with van der Waals surface area (Å²) in [5, 5.41) is 2.95. The quantitative estimate of drug-likeness (QED) is 0.886. The smallest absolute Gasteiger partial charge is 0.318 e. The second-order valence-electron chi connectivity index (χ2n) is 5.67. The first kappa shape index (κ1) is 17.5. The molecule has 6 heteroatoms. The molecule has 2 amide bonds. The van der Waals surface area contributed by atoms with Gasteiger partial charge < -0.3 is 19.7 Å². The lowest BCUT2D eigenvalue weighted by atomic mass is 10.1. The molecule has 25 heavy (non-hydrogen) atoms. The van der Waals surface area contributed by atoms with Gasteiger partial charge in [-0.25, -0.2) is 4.79 Å². The largest absolute Gasteiger partial charge is 0.497 e. The van der Waals surface area contributed by atoms with Crippen LogP contribution in [0.15, 0.2) is 48.5 Å². The number of carbonyl (C=O) groups excluding carboxylic acids is 1. The number of rotatable bonds is 5. The third-order valence-electron chi connectivity index (χ3n) is 4.15. The summed E-state index contributed by atoms with van der Waals surface area (Å²) >= 11 is 1.74. The van der Waals surface area contributed by atoms with E-state index < -0.39 is 0 Å². The van der Waals surface area contributed by atoms with Crippen LogP contribution in [0.1, 0.15) is 16.5 Å². The van der Waals surface area contributed by atoms with Gasteiger partial charge in [0.1, 0.15) is 16.9 Å². The highest BCUT2D eigenvalue weighted by Gasteiger charge is 2.32. The summed E-state index contributed by atoms with van der Waals surface area (Å²) in [4.78, 5) is 14.5. The van der Waals surface area contributed by atoms with Crippen LogP contribution in [0.2, 0.25) is 0 Å². The lowest BCUT2D eigenvalue weighted by Gasteiger charge is -2.26. The molecule has 0 saturated carbocycles. The molecule has 1 unspecified atom stereocenters. The monoisotopic (exact) mass is 358 g/mol. The number of urea groups is 1. The summed E-state index contributed by atoms with van der Waals surface area (Å²) in [6.45, 7) is 1.23. The van der Waals surface area contributed by atoms with Crippen molar-refractivity contribution in [2.24, 2.45) is 0 Å². The molecule has 1 heterocycles. The van der Waals surface area contributed by atoms with Crippen molar-refractivity contribution < 1.29 is 14.3 Å². The van der Waals surface area contributed by atoms with Crippen LogP contribution in [0.3, 0.4) is 0 Å². The zero-order chi connectivity index (χ0) is 17.6. The minimum Gasteiger partial charge on any atom is -0.497 e. The predicted molar refractivity (Wildman–Crippen MR) is 100 cm³/mol. The fraction of sp³-hybridized carbons (Fsp3) is 0.316. The van der Waals surface area contributed by atoms with Gasteiger partial charge in [0.2, 0.25) is 0 Å². The fourth-order valence-electron chi connectivity index (χ4n) is 2.83. The summed E-state index contributed by atoms with van der Waals surface area (Å²) in [6, 6.07) is 15.6. The van der Waals surface area contributed by atoms with E-state index in [-0.39, 0.29) is 11.4 Å². The van der Waals surface area contributed by atoms with Gasteiger partial charge in [0.25, 0.3) is 0 Å². The van der Waals surface area contributed by atoms with E-state index >= 15 is 0 Å². The van der Waals surface area contributed by atoms with Crippen molar-refractivity contribution in [3.63, 3.8) is 0 Å². The summed E-state index contributed by atoms with van der Waals surface area (Å²) in [6.07, 6.45) is 0. The second-order valence-corrected chi connectivity index (χ2v) is 6.86. The topological polar surface area (TPSA) is 50.8 Å². The van der Waals surface area contributed by atoms with Gasteiger partial charge in [-0.15, -0.1) is 11.8 Å². The van der Waals surface area contributed by atoms with Crippen molar-refractivity contribution in [2.45, 2.75) is 11.9 Å². The number of carbonyl (C=O) groups is 1. The van der Waals surface area contributed by atoms with E-state index in [1.54, 1.807) is 26.0 Å². The SMILES string of the molecule is COc1ccc(C2SCCN2C(=O)NCc2ccccc2)c(OC)c1. The second kappa shape index (κ2) is 8.16. The van der Waals surface area contributed by atoms with E-state index in [9.17, 15) is 4.79 Å². The minimum atomic E-state index is -0.0587. The molecule has 0 radical (unpaired) electrons. The molecule has 1 saturated heterocycles. The standard InChI is InChI=1S/C19H22N2O3S/c1-23-15-8-9-16(17(12-15)24-2)18-21(10-11-25-18)19(22)20-13-14-6-4-3-5-7-14/h3-9,12,18H,10-11,13H2,1-2H3,(H,20,22). The Balaban J connectivity index is 1.73. The van der Waals surface area contributed by atoms with Crippen molar-refractivity contribution in [2.75, 3.05) is 26.5 Å². The molecule has 0 bridgehead atoms. The summed E-state index contributed by atoms with van der Waals surface area (Å²) in [5.74, 6) is 2.38. The van der Waals surface area contributed by atoms with E-state index in [2.05, 4.69) is 5.32 Å². The first-order chi connectivity index (χ1) is 12.2. The maximum Gasteiger partial charge on any atom is 0.318 e. The number of hydrogen-bond donors (Lipinski definition) is 1. The van der Waals surface area contributed by atoms with Gasteiger partial charge in [0, 0.05) is 30.5 Å². The van der Waals surface area contributed by atoms with Crippen LogP contribution in [-0.2, 0) is 6.54 Å². The molecule has 3 rings (SSSR count). The fourth-order valence-corrected chi connectivity index (χ4v) is 4.11. The molecule has 2 aromatic rings. The zero-order valence-electron chi connectivity index (χ0n) is 14.4. The Morgan fingerprint density at radius 2 is 2.00 bits per heavy atom. The number of thioether (sulfide) groups is 1. The third kappa shape index (κ3) is 4.02. The van der Waals surface area contributed by atoms with Crippen LogP contribution < -0.4 is 14.8 Å². The molecule has 1 N–H and O–H groups in total. The van der Waals surface area contributed by atoms with E-state index in [4.69, 9.17) is 9.47 Å². The first-order valence-corrected chi connectivity index (χ1v) is 9.19. The highest BCUT2D eigenvalue weighted by molar-refractivity contribution is 7.99. The average Bonchev–Trinajstić information content (AvgIpc) is 3.16. The van der Waals surface area contributed by atoms with Crippen LogP contribution in [0.5, 0.6) is 11.5 Å². The number of ether oxygens (including phenoxy) is 2. The molecule has 0 aliphatic carbocycles. The molecule has 2 aromatic carbocycles. The molecule has 1 atom stereocenters. The molecular formula is C19H22N2O3S. The van der Waals surface area contributed by atoms with E-state index in [1.165, 1.54) is 0 Å². The van der Waals surface area contributed by atoms with E-state index in [0.717, 1.165) is 28.4 Å². The normalized spacial score (nSPS) is 16.6. The molecule has 1 fully saturated rings. The highest BCUT2D eigenvalue weighted by atomic mass is 32.2. The van der Waals surface area contributed by atoms with Gasteiger partial charge >= 0.3 is 6.03 Å². The Hall–Kier alpha value is -2.34. The lowest BCUT2D eigenvalue weighted by molar-refractivity contribution is 0.199. The van der Waals surface area contributed by atoms with Gasteiger partial charge in [-0.3, -0.25) is 0 Å². The average molecular weight is 358 g/mol. The van der Waals surface area contributed by atoms with Crippen LogP contribution in [-0.4, -0.2) is 37.4 Å². The molecule has 0 aromatic heterocycles. The maximum atomic E-state index is 12.7. The van der Waals surface area contributed by atoms with Gasteiger partial charge in [-0.05, 0) is 17.7 Å². The van der Waals surface area contributed by atoms with Gasteiger partial charge in [0.05, 0.1) is 14.2 Å². The molecule has 0 spiro atoms. The maximum absolute atomic E-state index is 12.7. The number of methoxy groups -OCH3 is 2. The molecule has 132 valence electrons. The van der Waals surface area contributed by atoms with Crippen LogP contribution in [0.25, 0.3) is 0 Å². The van der Waals surface area contributed by atoms with Crippen molar-refractivity contribution >= 4 is 17.8 Å². The summed E-state index contributed by atoms with van der Waals surface area (Å²) in [5.41, 5.74) is 2.07. The van der Waals surface area contributed by atoms with Crippen LogP contribution in [0.4, 0.5) is 4.79 Å². The Kier molecular flexibility index (Phi) is 5.71. The first-order valence-electron chi connectivity index (χ1n) is 8.15. The van der Waals surface area contributed by atoms with Gasteiger partial charge in [-0.1, -0.05) is 30.3 Å². The van der Waals surface area contributed by atoms with Gasteiger partial charge in [0.15, 0.2) is 0 Å². The van der Waals surface area contributed by atoms with Crippen LogP contribution in [0, 0.1) is 0 Å². The third-order valence-corrected chi connectivity index (χ3v) is 5.39. The Morgan fingerprint density at radius 3 is 2.72 bits per heavy atom. The number of hydrogen-bond acceptors (Lipinski definition) is 4. The minimum absolute atomic E-state index is 0.0586. The number of amides is 2.